The zero-order valence-corrected chi connectivity index (χ0v) is 19.5. The summed E-state index contributed by atoms with van der Waals surface area (Å²) in [5.41, 5.74) is 1.16. The molecule has 0 saturated carbocycles. The minimum Gasteiger partial charge on any atom is -0.354 e. The molecular weight excluding hydrogens is 449 g/mol. The molecule has 1 N–H and O–H groups in total. The fraction of sp³-hybridized carbons (Fsp3) is 0.500. The summed E-state index contributed by atoms with van der Waals surface area (Å²) in [6.07, 6.45) is -3.34. The van der Waals surface area contributed by atoms with Gasteiger partial charge in [-0.25, -0.2) is 9.97 Å². The van der Waals surface area contributed by atoms with Crippen molar-refractivity contribution in [3.05, 3.63) is 41.5 Å². The first kappa shape index (κ1) is 25.2. The number of anilines is 2. The fourth-order valence-corrected chi connectivity index (χ4v) is 3.35. The summed E-state index contributed by atoms with van der Waals surface area (Å²) in [5.74, 6) is -0.687. The van der Waals surface area contributed by atoms with Crippen LogP contribution in [0.5, 0.6) is 0 Å². The van der Waals surface area contributed by atoms with E-state index in [0.717, 1.165) is 32.0 Å². The van der Waals surface area contributed by atoms with Gasteiger partial charge in [0.15, 0.2) is 11.5 Å². The molecule has 1 amide bonds. The number of aromatic nitrogens is 3. The van der Waals surface area contributed by atoms with E-state index in [1.165, 1.54) is 11.2 Å². The van der Waals surface area contributed by atoms with Crippen LogP contribution in [0, 0.1) is 16.7 Å². The summed E-state index contributed by atoms with van der Waals surface area (Å²) in [6.45, 7) is 9.17. The number of carbonyl (C=O) groups excluding carboxylic acids is 1. The molecule has 12 heteroatoms. The smallest absolute Gasteiger partial charge is 0.354 e. The number of carbonyl (C=O) groups is 1. The van der Waals surface area contributed by atoms with Gasteiger partial charge in [-0.2, -0.15) is 23.4 Å². The summed E-state index contributed by atoms with van der Waals surface area (Å²) in [7, 11) is 2.05. The SMILES string of the molecule is CN1CCN(c2ccc(C(=O)NN(CC(C)(C)C)c3cc(C(F)(F)F)nc(C#N)n3)cn2)CC1. The van der Waals surface area contributed by atoms with Crippen molar-refractivity contribution in [2.75, 3.05) is 49.7 Å². The Labute approximate surface area is 196 Å². The highest BCUT2D eigenvalue weighted by atomic mass is 19.4. The van der Waals surface area contributed by atoms with Gasteiger partial charge in [-0.05, 0) is 24.6 Å². The van der Waals surface area contributed by atoms with Gasteiger partial charge in [-0.3, -0.25) is 15.2 Å². The summed E-state index contributed by atoms with van der Waals surface area (Å²) in [4.78, 5) is 28.8. The molecule has 0 spiro atoms. The van der Waals surface area contributed by atoms with Crippen LogP contribution in [0.3, 0.4) is 0 Å². The van der Waals surface area contributed by atoms with Crippen LogP contribution >= 0.6 is 0 Å². The van der Waals surface area contributed by atoms with Crippen molar-refractivity contribution in [1.82, 2.24) is 25.3 Å². The molecule has 1 saturated heterocycles. The van der Waals surface area contributed by atoms with Gasteiger partial charge < -0.3 is 9.80 Å². The van der Waals surface area contributed by atoms with Crippen LogP contribution in [0.1, 0.15) is 42.6 Å². The number of hydrogen-bond donors (Lipinski definition) is 1. The van der Waals surface area contributed by atoms with Crippen molar-refractivity contribution in [2.45, 2.75) is 26.9 Å². The molecular formula is C22H27F3N8O. The Morgan fingerprint density at radius 1 is 1.18 bits per heavy atom. The average Bonchev–Trinajstić information content (AvgIpc) is 2.77. The van der Waals surface area contributed by atoms with Crippen molar-refractivity contribution in [3.63, 3.8) is 0 Å². The maximum absolute atomic E-state index is 13.3. The highest BCUT2D eigenvalue weighted by Crippen LogP contribution is 2.30. The number of pyridine rings is 1. The van der Waals surface area contributed by atoms with Gasteiger partial charge in [0.05, 0.1) is 5.56 Å². The van der Waals surface area contributed by atoms with Gasteiger partial charge in [0.2, 0.25) is 5.82 Å². The second kappa shape index (κ2) is 9.80. The molecule has 0 unspecified atom stereocenters. The second-order valence-corrected chi connectivity index (χ2v) is 9.33. The number of hydrazine groups is 1. The first-order valence-corrected chi connectivity index (χ1v) is 10.7. The van der Waals surface area contributed by atoms with E-state index in [1.54, 1.807) is 18.2 Å². The zero-order valence-electron chi connectivity index (χ0n) is 19.5. The fourth-order valence-electron chi connectivity index (χ4n) is 3.35. The lowest BCUT2D eigenvalue weighted by atomic mass is 9.96. The van der Waals surface area contributed by atoms with Crippen LogP contribution in [-0.2, 0) is 6.18 Å². The molecule has 2 aromatic heterocycles. The Hall–Kier alpha value is -3.46. The van der Waals surface area contributed by atoms with E-state index in [0.29, 0.717) is 6.07 Å². The number of alkyl halides is 3. The lowest BCUT2D eigenvalue weighted by molar-refractivity contribution is -0.141. The topological polar surface area (TPSA) is 101 Å². The van der Waals surface area contributed by atoms with Gasteiger partial charge >= 0.3 is 6.18 Å². The molecule has 0 atom stereocenters. The Morgan fingerprint density at radius 3 is 2.38 bits per heavy atom. The number of hydrogen-bond acceptors (Lipinski definition) is 8. The van der Waals surface area contributed by atoms with Crippen LogP contribution in [0.15, 0.2) is 24.4 Å². The Bertz CT molecular complexity index is 1050. The van der Waals surface area contributed by atoms with E-state index < -0.39 is 29.0 Å². The number of likely N-dealkylation sites (N-methyl/N-ethyl adjacent to an activating group) is 1. The molecule has 9 nitrogen and oxygen atoms in total. The quantitative estimate of drug-likeness (QED) is 0.658. The molecule has 182 valence electrons. The largest absolute Gasteiger partial charge is 0.433 e. The number of amides is 1. The number of rotatable bonds is 5. The molecule has 1 aliphatic heterocycles. The third kappa shape index (κ3) is 6.54. The maximum Gasteiger partial charge on any atom is 0.433 e. The summed E-state index contributed by atoms with van der Waals surface area (Å²) in [5, 5.41) is 10.3. The summed E-state index contributed by atoms with van der Waals surface area (Å²) < 4.78 is 39.9. The van der Waals surface area contributed by atoms with E-state index in [2.05, 4.69) is 37.2 Å². The van der Waals surface area contributed by atoms with Crippen LogP contribution in [0.4, 0.5) is 24.8 Å². The van der Waals surface area contributed by atoms with E-state index in [1.807, 2.05) is 20.8 Å². The van der Waals surface area contributed by atoms with Crippen molar-refractivity contribution in [3.8, 4) is 6.07 Å². The van der Waals surface area contributed by atoms with Crippen LogP contribution in [0.2, 0.25) is 0 Å². The summed E-state index contributed by atoms with van der Waals surface area (Å²) >= 11 is 0. The molecule has 0 bridgehead atoms. The standard InChI is InChI=1S/C22H27F3N8O/c1-21(2,3)14-33(19-11-16(22(23,24)25)28-17(12-26)29-19)30-20(34)15-5-6-18(27-13-15)32-9-7-31(4)8-10-32/h5-6,11,13H,7-10,14H2,1-4H3,(H,30,34). The average molecular weight is 477 g/mol. The lowest BCUT2D eigenvalue weighted by Crippen LogP contribution is -2.47. The van der Waals surface area contributed by atoms with Crippen molar-refractivity contribution in [1.29, 1.82) is 5.26 Å². The van der Waals surface area contributed by atoms with Gasteiger partial charge in [0, 0.05) is 45.0 Å². The first-order chi connectivity index (χ1) is 15.9. The minimum absolute atomic E-state index is 0.130. The highest BCUT2D eigenvalue weighted by Gasteiger charge is 2.35. The predicted octanol–water partition coefficient (Wildman–Crippen LogP) is 2.71. The minimum atomic E-state index is -4.77. The normalized spacial score (nSPS) is 15.1. The molecule has 2 aromatic rings. The first-order valence-electron chi connectivity index (χ1n) is 10.7. The monoisotopic (exact) mass is 476 g/mol. The van der Waals surface area contributed by atoms with E-state index in [-0.39, 0.29) is 17.9 Å². The molecule has 0 aliphatic carbocycles. The van der Waals surface area contributed by atoms with Crippen LogP contribution in [-0.4, -0.2) is 65.5 Å². The molecule has 0 aromatic carbocycles. The van der Waals surface area contributed by atoms with Gasteiger partial charge in [0.25, 0.3) is 5.91 Å². The molecule has 1 fully saturated rings. The Balaban J connectivity index is 1.84. The van der Waals surface area contributed by atoms with Crippen molar-refractivity contribution >= 4 is 17.5 Å². The number of halogens is 3. The second-order valence-electron chi connectivity index (χ2n) is 9.33. The van der Waals surface area contributed by atoms with Gasteiger partial charge in [-0.15, -0.1) is 0 Å². The number of nitrogens with one attached hydrogen (secondary N) is 1. The molecule has 3 heterocycles. The summed E-state index contributed by atoms with van der Waals surface area (Å²) in [6, 6.07) is 5.62. The van der Waals surface area contributed by atoms with E-state index in [9.17, 15) is 18.0 Å². The third-order valence-electron chi connectivity index (χ3n) is 5.09. The number of nitrogens with zero attached hydrogens (tertiary/aromatic N) is 7. The number of nitriles is 1. The highest BCUT2D eigenvalue weighted by molar-refractivity contribution is 5.94. The molecule has 34 heavy (non-hydrogen) atoms. The Morgan fingerprint density at radius 2 is 1.85 bits per heavy atom. The number of piperazine rings is 1. The molecule has 3 rings (SSSR count). The lowest BCUT2D eigenvalue weighted by Gasteiger charge is -2.33. The van der Waals surface area contributed by atoms with E-state index >= 15 is 0 Å². The molecule has 0 radical (unpaired) electrons. The van der Waals surface area contributed by atoms with Crippen molar-refractivity contribution in [2.24, 2.45) is 5.41 Å². The maximum atomic E-state index is 13.3. The van der Waals surface area contributed by atoms with Crippen molar-refractivity contribution < 1.29 is 18.0 Å². The van der Waals surface area contributed by atoms with Gasteiger partial charge in [0.1, 0.15) is 11.9 Å². The van der Waals surface area contributed by atoms with E-state index in [4.69, 9.17) is 5.26 Å². The Kier molecular flexibility index (Phi) is 7.26. The van der Waals surface area contributed by atoms with Crippen LogP contribution < -0.4 is 15.3 Å². The van der Waals surface area contributed by atoms with Crippen LogP contribution in [0.25, 0.3) is 0 Å². The zero-order chi connectivity index (χ0) is 25.1. The predicted molar refractivity (Wildman–Crippen MR) is 120 cm³/mol. The molecule has 1 aliphatic rings. The third-order valence-corrected chi connectivity index (χ3v) is 5.09. The van der Waals surface area contributed by atoms with Gasteiger partial charge in [-0.1, -0.05) is 20.8 Å².